The molecule has 0 spiro atoms. The first-order chi connectivity index (χ1) is 19.0. The topological polar surface area (TPSA) is 147 Å². The standard InChI is InChI=1S/C26H26IN7O5/c27-22-16-24(33-39-22)30-26(36)28-19-5-1-17(2-6-19)21-15-23(32-31-21)29-25(35)18-3-7-20(8-4-18)38-14-11-34-9-12-37-13-10-34/h1-8,15-16H,9-14H2,(H2,28,30,33,36)(H2,29,31,32,35). The van der Waals surface area contributed by atoms with Gasteiger partial charge < -0.3 is 24.6 Å². The summed E-state index contributed by atoms with van der Waals surface area (Å²) in [4.78, 5) is 27.1. The number of benzene rings is 2. The highest BCUT2D eigenvalue weighted by atomic mass is 127. The fraction of sp³-hybridized carbons (Fsp3) is 0.231. The minimum Gasteiger partial charge on any atom is -0.492 e. The molecule has 0 atom stereocenters. The average molecular weight is 643 g/mol. The van der Waals surface area contributed by atoms with Crippen LogP contribution in [0.15, 0.2) is 65.2 Å². The number of hydrogen-bond acceptors (Lipinski definition) is 8. The number of H-pyrrole nitrogens is 1. The van der Waals surface area contributed by atoms with Crippen LogP contribution in [0.5, 0.6) is 5.75 Å². The Morgan fingerprint density at radius 1 is 0.974 bits per heavy atom. The van der Waals surface area contributed by atoms with E-state index in [4.69, 9.17) is 14.0 Å². The molecule has 3 amide bonds. The number of hydrogen-bond donors (Lipinski definition) is 4. The molecule has 0 saturated carbocycles. The third-order valence-corrected chi connectivity index (χ3v) is 6.40. The summed E-state index contributed by atoms with van der Waals surface area (Å²) in [5.74, 6) is 1.15. The van der Waals surface area contributed by atoms with E-state index in [-0.39, 0.29) is 5.91 Å². The maximum Gasteiger partial charge on any atom is 0.324 e. The van der Waals surface area contributed by atoms with E-state index in [0.29, 0.717) is 44.7 Å². The molecule has 0 aliphatic carbocycles. The predicted octanol–water partition coefficient (Wildman–Crippen LogP) is 4.28. The van der Waals surface area contributed by atoms with Crippen LogP contribution in [0.2, 0.25) is 0 Å². The second kappa shape index (κ2) is 12.7. The van der Waals surface area contributed by atoms with Crippen LogP contribution < -0.4 is 20.7 Å². The van der Waals surface area contributed by atoms with Crippen molar-refractivity contribution < 1.29 is 23.6 Å². The average Bonchev–Trinajstić information content (AvgIpc) is 3.58. The second-order valence-electron chi connectivity index (χ2n) is 8.62. The van der Waals surface area contributed by atoms with Gasteiger partial charge in [-0.2, -0.15) is 5.10 Å². The maximum absolute atomic E-state index is 12.7. The van der Waals surface area contributed by atoms with Gasteiger partial charge in [0.05, 0.1) is 18.9 Å². The summed E-state index contributed by atoms with van der Waals surface area (Å²) < 4.78 is 16.6. The number of ether oxygens (including phenoxy) is 2. The number of carbonyl (C=O) groups excluding carboxylic acids is 2. The first kappa shape index (κ1) is 26.6. The van der Waals surface area contributed by atoms with Crippen molar-refractivity contribution in [2.75, 3.05) is 55.4 Å². The zero-order valence-corrected chi connectivity index (χ0v) is 22.9. The summed E-state index contributed by atoms with van der Waals surface area (Å²) in [5, 5.41) is 18.9. The Morgan fingerprint density at radius 2 is 1.74 bits per heavy atom. The third kappa shape index (κ3) is 7.55. The van der Waals surface area contributed by atoms with Crippen molar-refractivity contribution >= 4 is 51.9 Å². The van der Waals surface area contributed by atoms with Crippen molar-refractivity contribution in [2.24, 2.45) is 0 Å². The zero-order chi connectivity index (χ0) is 27.0. The van der Waals surface area contributed by atoms with Crippen molar-refractivity contribution in [2.45, 2.75) is 0 Å². The van der Waals surface area contributed by atoms with E-state index in [2.05, 4.69) is 36.2 Å². The van der Waals surface area contributed by atoms with Crippen molar-refractivity contribution in [3.63, 3.8) is 0 Å². The van der Waals surface area contributed by atoms with Crippen LogP contribution >= 0.6 is 22.6 Å². The molecular formula is C26H26IN7O5. The number of nitrogens with zero attached hydrogens (tertiary/aromatic N) is 3. The first-order valence-electron chi connectivity index (χ1n) is 12.2. The molecule has 0 bridgehead atoms. The molecule has 3 heterocycles. The molecule has 12 nitrogen and oxygen atoms in total. The summed E-state index contributed by atoms with van der Waals surface area (Å²) in [6.07, 6.45) is 0. The highest BCUT2D eigenvalue weighted by molar-refractivity contribution is 14.1. The monoisotopic (exact) mass is 643 g/mol. The molecule has 5 rings (SSSR count). The quantitative estimate of drug-likeness (QED) is 0.198. The molecule has 1 aliphatic heterocycles. The fourth-order valence-corrected chi connectivity index (χ4v) is 4.26. The van der Waals surface area contributed by atoms with Crippen LogP contribution in [0.25, 0.3) is 11.3 Å². The Kier molecular flexibility index (Phi) is 8.70. The van der Waals surface area contributed by atoms with Gasteiger partial charge >= 0.3 is 6.03 Å². The largest absolute Gasteiger partial charge is 0.492 e. The van der Waals surface area contributed by atoms with Gasteiger partial charge in [0.2, 0.25) is 0 Å². The van der Waals surface area contributed by atoms with Crippen molar-refractivity contribution in [1.29, 1.82) is 0 Å². The number of carbonyl (C=O) groups is 2. The second-order valence-corrected chi connectivity index (χ2v) is 9.68. The molecule has 1 saturated heterocycles. The fourth-order valence-electron chi connectivity index (χ4n) is 3.87. The Labute approximate surface area is 237 Å². The summed E-state index contributed by atoms with van der Waals surface area (Å²) in [5.41, 5.74) is 2.63. The van der Waals surface area contributed by atoms with E-state index in [1.54, 1.807) is 48.5 Å². The molecule has 0 radical (unpaired) electrons. The van der Waals surface area contributed by atoms with Crippen LogP contribution in [0, 0.1) is 3.77 Å². The van der Waals surface area contributed by atoms with Gasteiger partial charge in [0, 0.05) is 65.6 Å². The van der Waals surface area contributed by atoms with Gasteiger partial charge in [0.15, 0.2) is 15.4 Å². The highest BCUT2D eigenvalue weighted by Crippen LogP contribution is 2.23. The Morgan fingerprint density at radius 3 is 2.46 bits per heavy atom. The van der Waals surface area contributed by atoms with Crippen LogP contribution in [-0.2, 0) is 4.74 Å². The van der Waals surface area contributed by atoms with Gasteiger partial charge in [-0.25, -0.2) is 4.79 Å². The van der Waals surface area contributed by atoms with E-state index in [9.17, 15) is 9.59 Å². The van der Waals surface area contributed by atoms with Gasteiger partial charge in [-0.3, -0.25) is 20.1 Å². The van der Waals surface area contributed by atoms with Gasteiger partial charge in [0.1, 0.15) is 12.4 Å². The lowest BCUT2D eigenvalue weighted by Crippen LogP contribution is -2.38. The van der Waals surface area contributed by atoms with E-state index >= 15 is 0 Å². The molecule has 2 aromatic heterocycles. The van der Waals surface area contributed by atoms with E-state index < -0.39 is 6.03 Å². The molecular weight excluding hydrogens is 617 g/mol. The summed E-state index contributed by atoms with van der Waals surface area (Å²) in [7, 11) is 0. The van der Waals surface area contributed by atoms with Gasteiger partial charge in [-0.1, -0.05) is 17.3 Å². The normalized spacial score (nSPS) is 13.6. The molecule has 4 N–H and O–H groups in total. The smallest absolute Gasteiger partial charge is 0.324 e. The number of aromatic nitrogens is 3. The Hall–Kier alpha value is -3.95. The van der Waals surface area contributed by atoms with Crippen molar-refractivity contribution in [3.8, 4) is 17.0 Å². The Balaban J connectivity index is 1.10. The molecule has 13 heteroatoms. The number of urea groups is 1. The molecule has 1 fully saturated rings. The minimum absolute atomic E-state index is 0.278. The maximum atomic E-state index is 12.7. The molecule has 1 aliphatic rings. The zero-order valence-electron chi connectivity index (χ0n) is 20.8. The highest BCUT2D eigenvalue weighted by Gasteiger charge is 2.12. The molecule has 2 aromatic carbocycles. The first-order valence-corrected chi connectivity index (χ1v) is 13.3. The van der Waals surface area contributed by atoms with Gasteiger partial charge in [-0.15, -0.1) is 0 Å². The number of anilines is 3. The number of aromatic amines is 1. The van der Waals surface area contributed by atoms with E-state index in [1.807, 2.05) is 34.7 Å². The van der Waals surface area contributed by atoms with Gasteiger partial charge in [-0.05, 0) is 42.0 Å². The van der Waals surface area contributed by atoms with Crippen molar-refractivity contribution in [1.82, 2.24) is 20.3 Å². The number of amides is 3. The minimum atomic E-state index is -0.438. The Bertz CT molecular complexity index is 1400. The number of rotatable bonds is 9. The SMILES string of the molecule is O=C(Nc1ccc(-c2cc(NC(=O)c3ccc(OCCN4CCOCC4)cc3)n[nH]2)cc1)Nc1cc(I)on1. The molecule has 4 aromatic rings. The molecule has 39 heavy (non-hydrogen) atoms. The van der Waals surface area contributed by atoms with Crippen LogP contribution in [-0.4, -0.2) is 71.6 Å². The lowest BCUT2D eigenvalue weighted by atomic mass is 10.1. The van der Waals surface area contributed by atoms with Gasteiger partial charge in [0.25, 0.3) is 5.91 Å². The number of morpholine rings is 1. The summed E-state index contributed by atoms with van der Waals surface area (Å²) in [6.45, 7) is 4.78. The molecule has 0 unspecified atom stereocenters. The summed E-state index contributed by atoms with van der Waals surface area (Å²) >= 11 is 1.96. The van der Waals surface area contributed by atoms with Crippen LogP contribution in [0.4, 0.5) is 22.1 Å². The molecule has 202 valence electrons. The van der Waals surface area contributed by atoms with Crippen LogP contribution in [0.1, 0.15) is 10.4 Å². The summed E-state index contributed by atoms with van der Waals surface area (Å²) in [6, 6.07) is 17.1. The van der Waals surface area contributed by atoms with Crippen LogP contribution in [0.3, 0.4) is 0 Å². The van der Waals surface area contributed by atoms with E-state index in [0.717, 1.165) is 38.4 Å². The third-order valence-electron chi connectivity index (χ3n) is 5.89. The number of halogens is 1. The predicted molar refractivity (Wildman–Crippen MR) is 153 cm³/mol. The van der Waals surface area contributed by atoms with Crippen molar-refractivity contribution in [3.05, 3.63) is 70.0 Å². The van der Waals surface area contributed by atoms with E-state index in [1.165, 1.54) is 0 Å². The lowest BCUT2D eigenvalue weighted by Gasteiger charge is -2.26. The lowest BCUT2D eigenvalue weighted by molar-refractivity contribution is 0.0322. The number of nitrogens with one attached hydrogen (secondary N) is 4.